The maximum absolute atomic E-state index is 14.4. The van der Waals surface area contributed by atoms with Crippen LogP contribution < -0.4 is 21.3 Å². The Labute approximate surface area is 293 Å². The summed E-state index contributed by atoms with van der Waals surface area (Å²) in [6.07, 6.45) is -0.291. The summed E-state index contributed by atoms with van der Waals surface area (Å²) < 4.78 is 25.6. The molecular weight excluding hydrogens is 663 g/mol. The highest BCUT2D eigenvalue weighted by Gasteiger charge is 2.20. The number of aryl methyl sites for hydroxylation is 2. The van der Waals surface area contributed by atoms with Gasteiger partial charge < -0.3 is 30.7 Å². The molecule has 0 saturated carbocycles. The molecule has 14 heteroatoms. The van der Waals surface area contributed by atoms with Crippen molar-refractivity contribution < 1.29 is 23.5 Å². The van der Waals surface area contributed by atoms with Crippen molar-refractivity contribution in [3.05, 3.63) is 117 Å². The predicted octanol–water partition coefficient (Wildman–Crippen LogP) is 5.14. The molecule has 2 aliphatic rings. The molecule has 50 heavy (non-hydrogen) atoms. The van der Waals surface area contributed by atoms with Gasteiger partial charge in [-0.1, -0.05) is 23.7 Å². The Hall–Kier alpha value is -5.28. The fourth-order valence-corrected chi connectivity index (χ4v) is 5.66. The molecule has 0 aliphatic carbocycles. The molecule has 0 unspecified atom stereocenters. The Balaban J connectivity index is 0.000000194. The lowest BCUT2D eigenvalue weighted by molar-refractivity contribution is 0.0275. The van der Waals surface area contributed by atoms with Crippen LogP contribution >= 0.6 is 11.6 Å². The van der Waals surface area contributed by atoms with Crippen molar-refractivity contribution in [2.45, 2.75) is 26.1 Å². The number of nitrogens with one attached hydrogen (secondary N) is 4. The number of morpholine rings is 2. The van der Waals surface area contributed by atoms with Crippen LogP contribution in [-0.4, -0.2) is 61.2 Å². The molecule has 2 aliphatic heterocycles. The van der Waals surface area contributed by atoms with Crippen molar-refractivity contribution in [1.82, 2.24) is 20.6 Å². The highest BCUT2D eigenvalue weighted by molar-refractivity contribution is 6.31. The first-order chi connectivity index (χ1) is 24.1. The van der Waals surface area contributed by atoms with Crippen molar-refractivity contribution in [3.63, 3.8) is 0 Å². The number of nitriles is 2. The van der Waals surface area contributed by atoms with Gasteiger partial charge in [-0.05, 0) is 67.9 Å². The second kappa shape index (κ2) is 16.9. The van der Waals surface area contributed by atoms with Gasteiger partial charge in [-0.25, -0.2) is 14.4 Å². The smallest absolute Gasteiger partial charge is 0.255 e. The summed E-state index contributed by atoms with van der Waals surface area (Å²) in [5, 5.41) is 30.2. The van der Waals surface area contributed by atoms with Gasteiger partial charge >= 0.3 is 0 Å². The monoisotopic (exact) mass is 696 g/mol. The Morgan fingerprint density at radius 2 is 1.40 bits per heavy atom. The summed E-state index contributed by atoms with van der Waals surface area (Å²) in [5.74, 6) is -1.35. The third-order valence-electron chi connectivity index (χ3n) is 7.73. The van der Waals surface area contributed by atoms with Crippen molar-refractivity contribution in [1.29, 1.82) is 10.5 Å². The van der Waals surface area contributed by atoms with Gasteiger partial charge in [-0.3, -0.25) is 9.59 Å². The van der Waals surface area contributed by atoms with Gasteiger partial charge in [0.05, 0.1) is 31.1 Å². The molecule has 2 amide bonds. The predicted molar refractivity (Wildman–Crippen MR) is 184 cm³/mol. The van der Waals surface area contributed by atoms with Gasteiger partial charge in [0.15, 0.2) is 0 Å². The fraction of sp³-hybridized carbons (Fsp3) is 0.278. The van der Waals surface area contributed by atoms with E-state index in [2.05, 4.69) is 31.2 Å². The van der Waals surface area contributed by atoms with Crippen molar-refractivity contribution in [2.75, 3.05) is 50.0 Å². The van der Waals surface area contributed by atoms with Crippen LogP contribution in [0.4, 0.5) is 15.8 Å². The SMILES string of the molecule is Cc1cc(C(=O)Nc2ccc([C@H]3CNCCO3)c(Cl)c2)cc(C#N)n1.Cc1cc(C(=O)Nc2ccc([C@H]3CNCCO3)cc2F)cc(C#N)n1. The van der Waals surface area contributed by atoms with Crippen LogP contribution in [0.5, 0.6) is 0 Å². The topological polar surface area (TPSA) is 174 Å². The number of carbonyl (C=O) groups excluding carboxylic acids is 2. The maximum atomic E-state index is 14.4. The molecule has 2 aromatic carbocycles. The molecule has 256 valence electrons. The molecule has 2 aromatic heterocycles. The van der Waals surface area contributed by atoms with Crippen molar-refractivity contribution in [3.8, 4) is 12.1 Å². The van der Waals surface area contributed by atoms with Crippen molar-refractivity contribution >= 4 is 34.8 Å². The lowest BCUT2D eigenvalue weighted by Gasteiger charge is -2.25. The fourth-order valence-electron chi connectivity index (χ4n) is 5.36. The number of hydrogen-bond donors (Lipinski definition) is 4. The van der Waals surface area contributed by atoms with E-state index in [0.29, 0.717) is 59.5 Å². The Morgan fingerprint density at radius 1 is 0.820 bits per heavy atom. The van der Waals surface area contributed by atoms with Crippen LogP contribution in [0.1, 0.15) is 66.8 Å². The van der Waals surface area contributed by atoms with E-state index >= 15 is 0 Å². The van der Waals surface area contributed by atoms with Crippen LogP contribution in [0.2, 0.25) is 5.02 Å². The standard InChI is InChI=1S/C18H17ClN4O2.C18H17FN4O2/c1-11-6-12(7-14(9-20)22-11)18(24)23-13-2-3-15(16(19)8-13)17-10-21-4-5-25-17;1-11-6-13(7-14(9-20)22-11)18(24)23-16-3-2-12(8-15(16)19)17-10-21-4-5-25-17/h2*2-3,6-8,17,21H,4-5,10H2,1H3,(H,23,24)/t2*17-/m11/s1. The molecule has 2 saturated heterocycles. The first-order valence-electron chi connectivity index (χ1n) is 15.8. The van der Waals surface area contributed by atoms with Crippen LogP contribution in [0.15, 0.2) is 60.7 Å². The Kier molecular flexibility index (Phi) is 12.2. The quantitative estimate of drug-likeness (QED) is 0.211. The molecule has 4 N–H and O–H groups in total. The van der Waals surface area contributed by atoms with Crippen molar-refractivity contribution in [2.24, 2.45) is 0 Å². The molecule has 0 radical (unpaired) electrons. The average molecular weight is 697 g/mol. The van der Waals surface area contributed by atoms with E-state index < -0.39 is 11.7 Å². The molecule has 2 fully saturated rings. The molecule has 0 bridgehead atoms. The number of pyridine rings is 2. The zero-order valence-corrected chi connectivity index (χ0v) is 28.1. The van der Waals surface area contributed by atoms with Crippen LogP contribution in [0, 0.1) is 42.3 Å². The van der Waals surface area contributed by atoms with E-state index in [4.69, 9.17) is 31.6 Å². The van der Waals surface area contributed by atoms with E-state index in [0.717, 1.165) is 18.7 Å². The number of rotatable bonds is 6. The second-order valence-corrected chi connectivity index (χ2v) is 11.9. The van der Waals surface area contributed by atoms with Crippen LogP contribution in [0.25, 0.3) is 0 Å². The number of anilines is 2. The van der Waals surface area contributed by atoms with Crippen LogP contribution in [-0.2, 0) is 9.47 Å². The number of benzene rings is 2. The molecule has 4 aromatic rings. The minimum Gasteiger partial charge on any atom is -0.371 e. The summed E-state index contributed by atoms with van der Waals surface area (Å²) in [5.41, 5.74) is 4.40. The lowest BCUT2D eigenvalue weighted by Crippen LogP contribution is -2.33. The van der Waals surface area contributed by atoms with E-state index in [1.54, 1.807) is 44.2 Å². The average Bonchev–Trinajstić information content (AvgIpc) is 3.13. The van der Waals surface area contributed by atoms with E-state index in [1.165, 1.54) is 24.3 Å². The van der Waals surface area contributed by atoms with Gasteiger partial charge in [-0.15, -0.1) is 0 Å². The molecule has 0 spiro atoms. The van der Waals surface area contributed by atoms with Crippen LogP contribution in [0.3, 0.4) is 0 Å². The number of hydrogen-bond acceptors (Lipinski definition) is 10. The third kappa shape index (κ3) is 9.45. The summed E-state index contributed by atoms with van der Waals surface area (Å²) in [6, 6.07) is 19.8. The van der Waals surface area contributed by atoms with Gasteiger partial charge in [0, 0.05) is 65.0 Å². The molecule has 2 atom stereocenters. The van der Waals surface area contributed by atoms with E-state index in [1.807, 2.05) is 18.2 Å². The number of ether oxygens (including phenoxy) is 2. The van der Waals surface area contributed by atoms with Gasteiger partial charge in [0.1, 0.15) is 29.3 Å². The molecule has 6 rings (SSSR count). The number of halogens is 2. The zero-order valence-electron chi connectivity index (χ0n) is 27.3. The zero-order chi connectivity index (χ0) is 35.6. The highest BCUT2D eigenvalue weighted by atomic mass is 35.5. The Bertz CT molecular complexity index is 1970. The van der Waals surface area contributed by atoms with E-state index in [9.17, 15) is 14.0 Å². The largest absolute Gasteiger partial charge is 0.371 e. The second-order valence-electron chi connectivity index (χ2n) is 11.5. The number of amides is 2. The molecular formula is C36H34ClFN8O4. The Morgan fingerprint density at radius 3 is 1.92 bits per heavy atom. The number of carbonyl (C=O) groups is 2. The molecule has 12 nitrogen and oxygen atoms in total. The minimum atomic E-state index is -0.536. The van der Waals surface area contributed by atoms with Gasteiger partial charge in [0.25, 0.3) is 11.8 Å². The minimum absolute atomic E-state index is 0.0745. The highest BCUT2D eigenvalue weighted by Crippen LogP contribution is 2.29. The lowest BCUT2D eigenvalue weighted by atomic mass is 10.1. The van der Waals surface area contributed by atoms with Gasteiger partial charge in [-0.2, -0.15) is 10.5 Å². The summed E-state index contributed by atoms with van der Waals surface area (Å²) in [6.45, 7) is 7.58. The number of nitrogens with zero attached hydrogens (tertiary/aromatic N) is 4. The van der Waals surface area contributed by atoms with Gasteiger partial charge in [0.2, 0.25) is 0 Å². The first-order valence-corrected chi connectivity index (χ1v) is 16.1. The first kappa shape index (κ1) is 36.0. The normalized spacial score (nSPS) is 16.9. The maximum Gasteiger partial charge on any atom is 0.255 e. The summed E-state index contributed by atoms with van der Waals surface area (Å²) in [4.78, 5) is 32.8. The number of aromatic nitrogens is 2. The summed E-state index contributed by atoms with van der Waals surface area (Å²) >= 11 is 6.35. The molecule has 4 heterocycles. The summed E-state index contributed by atoms with van der Waals surface area (Å²) in [7, 11) is 0. The third-order valence-corrected chi connectivity index (χ3v) is 8.06. The van der Waals surface area contributed by atoms with E-state index in [-0.39, 0.29) is 40.8 Å².